The van der Waals surface area contributed by atoms with Gasteiger partial charge in [0.05, 0.1) is 6.61 Å². The van der Waals surface area contributed by atoms with Crippen LogP contribution in [0, 0.1) is 0 Å². The number of rotatable bonds is 4. The molecule has 0 atom stereocenters. The van der Waals surface area contributed by atoms with Crippen molar-refractivity contribution in [3.63, 3.8) is 0 Å². The normalized spacial score (nSPS) is 10.3. The Kier molecular flexibility index (Phi) is 3.98. The van der Waals surface area contributed by atoms with Gasteiger partial charge in [0.2, 0.25) is 0 Å². The van der Waals surface area contributed by atoms with Crippen LogP contribution in [0.4, 0.5) is 0 Å². The van der Waals surface area contributed by atoms with E-state index in [-0.39, 0.29) is 5.69 Å². The predicted molar refractivity (Wildman–Crippen MR) is 73.4 cm³/mol. The van der Waals surface area contributed by atoms with Gasteiger partial charge in [-0.1, -0.05) is 12.1 Å². The monoisotopic (exact) mass is 327 g/mol. The Morgan fingerprint density at radius 1 is 1.56 bits per heavy atom. The van der Waals surface area contributed by atoms with Gasteiger partial charge < -0.3 is 9.84 Å². The summed E-state index contributed by atoms with van der Waals surface area (Å²) < 4.78 is 5.92. The van der Waals surface area contributed by atoms with Gasteiger partial charge in [-0.05, 0) is 35.0 Å². The van der Waals surface area contributed by atoms with E-state index < -0.39 is 5.97 Å². The fourth-order valence-corrected chi connectivity index (χ4v) is 2.94. The molecule has 0 saturated heterocycles. The lowest BCUT2D eigenvalue weighted by Gasteiger charge is -2.03. The van der Waals surface area contributed by atoms with Gasteiger partial charge in [-0.3, -0.25) is 0 Å². The summed E-state index contributed by atoms with van der Waals surface area (Å²) in [7, 11) is 0. The third-order valence-electron chi connectivity index (χ3n) is 2.18. The molecule has 2 aromatic rings. The maximum Gasteiger partial charge on any atom is 0.356 e. The van der Waals surface area contributed by atoms with Crippen LogP contribution in [0.5, 0.6) is 5.75 Å². The van der Waals surface area contributed by atoms with Crippen molar-refractivity contribution < 1.29 is 14.6 Å². The number of aromatic carboxylic acids is 1. The summed E-state index contributed by atoms with van der Waals surface area (Å²) in [6.45, 7) is 2.50. The van der Waals surface area contributed by atoms with Crippen molar-refractivity contribution in [2.75, 3.05) is 6.61 Å². The number of hydrogen-bond acceptors (Lipinski definition) is 4. The van der Waals surface area contributed by atoms with E-state index in [4.69, 9.17) is 9.84 Å². The Morgan fingerprint density at radius 2 is 2.33 bits per heavy atom. The van der Waals surface area contributed by atoms with Gasteiger partial charge in [0.25, 0.3) is 0 Å². The quantitative estimate of drug-likeness (QED) is 0.930. The molecule has 94 valence electrons. The Balaban J connectivity index is 2.39. The molecule has 0 aliphatic carbocycles. The zero-order valence-electron chi connectivity index (χ0n) is 9.51. The molecule has 0 saturated carbocycles. The second kappa shape index (κ2) is 5.49. The fraction of sp³-hybridized carbons (Fsp3) is 0.167. The van der Waals surface area contributed by atoms with Crippen molar-refractivity contribution in [2.45, 2.75) is 6.92 Å². The summed E-state index contributed by atoms with van der Waals surface area (Å²) in [5, 5.41) is 9.61. The van der Waals surface area contributed by atoms with E-state index >= 15 is 0 Å². The van der Waals surface area contributed by atoms with E-state index in [0.717, 1.165) is 11.3 Å². The number of aromatic nitrogens is 1. The van der Waals surface area contributed by atoms with Gasteiger partial charge in [0.1, 0.15) is 14.5 Å². The van der Waals surface area contributed by atoms with Gasteiger partial charge in [-0.2, -0.15) is 0 Å². The average molecular weight is 328 g/mol. The highest BCUT2D eigenvalue weighted by molar-refractivity contribution is 9.11. The number of benzene rings is 1. The maximum atomic E-state index is 10.9. The topological polar surface area (TPSA) is 59.4 Å². The summed E-state index contributed by atoms with van der Waals surface area (Å²) >= 11 is 4.50. The van der Waals surface area contributed by atoms with E-state index in [0.29, 0.717) is 15.4 Å². The number of hydrogen-bond donors (Lipinski definition) is 1. The average Bonchev–Trinajstić information content (AvgIpc) is 2.72. The third kappa shape index (κ3) is 2.70. The zero-order valence-corrected chi connectivity index (χ0v) is 11.9. The van der Waals surface area contributed by atoms with Crippen LogP contribution in [0.1, 0.15) is 17.4 Å². The minimum Gasteiger partial charge on any atom is -0.494 e. The molecule has 0 aliphatic rings. The van der Waals surface area contributed by atoms with Crippen LogP contribution in [0.25, 0.3) is 10.6 Å². The number of nitrogens with zero attached hydrogens (tertiary/aromatic N) is 1. The molecule has 18 heavy (non-hydrogen) atoms. The summed E-state index contributed by atoms with van der Waals surface area (Å²) in [6.07, 6.45) is 0. The molecular weight excluding hydrogens is 318 g/mol. The van der Waals surface area contributed by atoms with Crippen molar-refractivity contribution in [1.82, 2.24) is 4.98 Å². The molecule has 0 fully saturated rings. The highest BCUT2D eigenvalue weighted by Gasteiger charge is 2.16. The first kappa shape index (κ1) is 13.0. The van der Waals surface area contributed by atoms with Gasteiger partial charge in [-0.15, -0.1) is 11.3 Å². The van der Waals surface area contributed by atoms with Gasteiger partial charge >= 0.3 is 5.97 Å². The molecule has 0 spiro atoms. The maximum absolute atomic E-state index is 10.9. The van der Waals surface area contributed by atoms with Crippen LogP contribution < -0.4 is 4.74 Å². The summed E-state index contributed by atoms with van der Waals surface area (Å²) in [6, 6.07) is 7.43. The molecule has 1 N–H and O–H groups in total. The van der Waals surface area contributed by atoms with E-state index in [1.54, 1.807) is 0 Å². The molecule has 0 amide bonds. The Hall–Kier alpha value is -1.40. The first-order chi connectivity index (χ1) is 8.61. The van der Waals surface area contributed by atoms with Crippen molar-refractivity contribution >= 4 is 33.2 Å². The third-order valence-corrected chi connectivity index (χ3v) is 3.93. The molecule has 0 unspecified atom stereocenters. The molecule has 1 heterocycles. The molecule has 6 heteroatoms. The molecule has 4 nitrogen and oxygen atoms in total. The standard InChI is InChI=1S/C12H10BrNO3S/c1-2-17-8-5-3-4-7(6-8)11-14-9(12(15)16)10(13)18-11/h3-6H,2H2,1H3,(H,15,16). The fourth-order valence-electron chi connectivity index (χ4n) is 1.44. The molecule has 0 radical (unpaired) electrons. The van der Waals surface area contributed by atoms with Crippen LogP contribution in [0.15, 0.2) is 28.1 Å². The van der Waals surface area contributed by atoms with Crippen LogP contribution in [0.2, 0.25) is 0 Å². The summed E-state index contributed by atoms with van der Waals surface area (Å²) in [4.78, 5) is 15.0. The minimum absolute atomic E-state index is 0.0387. The molecule has 0 bridgehead atoms. The van der Waals surface area contributed by atoms with Crippen molar-refractivity contribution in [2.24, 2.45) is 0 Å². The van der Waals surface area contributed by atoms with Crippen molar-refractivity contribution in [3.05, 3.63) is 33.7 Å². The van der Waals surface area contributed by atoms with Crippen LogP contribution in [0.3, 0.4) is 0 Å². The summed E-state index contributed by atoms with van der Waals surface area (Å²) in [5.74, 6) is -0.288. The Morgan fingerprint density at radius 3 is 2.94 bits per heavy atom. The van der Waals surface area contributed by atoms with E-state index in [2.05, 4.69) is 20.9 Å². The molecule has 0 aliphatic heterocycles. The van der Waals surface area contributed by atoms with Gasteiger partial charge in [0, 0.05) is 5.56 Å². The SMILES string of the molecule is CCOc1cccc(-c2nc(C(=O)O)c(Br)s2)c1. The number of carboxylic acid groups (broad SMARTS) is 1. The second-order valence-electron chi connectivity index (χ2n) is 3.41. The number of halogens is 1. The Labute approximate surface area is 116 Å². The molecular formula is C12H10BrNO3S. The largest absolute Gasteiger partial charge is 0.494 e. The highest BCUT2D eigenvalue weighted by atomic mass is 79.9. The number of ether oxygens (including phenoxy) is 1. The van der Waals surface area contributed by atoms with Crippen LogP contribution in [-0.4, -0.2) is 22.7 Å². The van der Waals surface area contributed by atoms with E-state index in [1.165, 1.54) is 11.3 Å². The van der Waals surface area contributed by atoms with Crippen LogP contribution >= 0.6 is 27.3 Å². The minimum atomic E-state index is -1.04. The smallest absolute Gasteiger partial charge is 0.356 e. The van der Waals surface area contributed by atoms with Crippen molar-refractivity contribution in [3.8, 4) is 16.3 Å². The molecule has 1 aromatic carbocycles. The number of thiazole rings is 1. The van der Waals surface area contributed by atoms with E-state index in [1.807, 2.05) is 31.2 Å². The number of carboxylic acids is 1. The first-order valence-corrected chi connectivity index (χ1v) is 6.85. The Bertz CT molecular complexity index is 582. The lowest BCUT2D eigenvalue weighted by atomic mass is 10.2. The number of carbonyl (C=O) groups is 1. The highest BCUT2D eigenvalue weighted by Crippen LogP contribution is 2.33. The van der Waals surface area contributed by atoms with Crippen molar-refractivity contribution in [1.29, 1.82) is 0 Å². The van der Waals surface area contributed by atoms with Gasteiger partial charge in [0.15, 0.2) is 5.69 Å². The first-order valence-electron chi connectivity index (χ1n) is 5.24. The molecule has 1 aromatic heterocycles. The zero-order chi connectivity index (χ0) is 13.1. The lowest BCUT2D eigenvalue weighted by Crippen LogP contribution is -1.97. The van der Waals surface area contributed by atoms with Gasteiger partial charge in [-0.25, -0.2) is 9.78 Å². The lowest BCUT2D eigenvalue weighted by molar-refractivity contribution is 0.0690. The summed E-state index contributed by atoms with van der Waals surface area (Å²) in [5.41, 5.74) is 0.885. The van der Waals surface area contributed by atoms with E-state index in [9.17, 15) is 4.79 Å². The second-order valence-corrected chi connectivity index (χ2v) is 5.72. The molecule has 2 rings (SSSR count). The van der Waals surface area contributed by atoms with Crippen LogP contribution in [-0.2, 0) is 0 Å². The predicted octanol–water partition coefficient (Wildman–Crippen LogP) is 3.67.